The van der Waals surface area contributed by atoms with Crippen LogP contribution in [0.1, 0.15) is 48.8 Å². The second kappa shape index (κ2) is 15.0. The lowest BCUT2D eigenvalue weighted by Gasteiger charge is -2.18. The molecule has 282 valence electrons. The van der Waals surface area contributed by atoms with Gasteiger partial charge in [-0.25, -0.2) is 36.3 Å². The zero-order valence-corrected chi connectivity index (χ0v) is 29.0. The normalized spacial score (nSPS) is 12.5. The van der Waals surface area contributed by atoms with E-state index in [-0.39, 0.29) is 45.8 Å². The van der Waals surface area contributed by atoms with E-state index in [2.05, 4.69) is 15.6 Å². The molecular weight excluding hydrogens is 735 g/mol. The predicted octanol–water partition coefficient (Wildman–Crippen LogP) is 3.83. The van der Waals surface area contributed by atoms with Gasteiger partial charge in [-0.3, -0.25) is 23.7 Å². The monoisotopic (exact) mass is 766 g/mol. The van der Waals surface area contributed by atoms with Gasteiger partial charge in [0, 0.05) is 36.5 Å². The Kier molecular flexibility index (Phi) is 11.3. The fraction of sp³-hybridized carbons (Fsp3) is 0.273. The van der Waals surface area contributed by atoms with Crippen LogP contribution in [0.3, 0.4) is 0 Å². The van der Waals surface area contributed by atoms with Crippen LogP contribution in [0, 0.1) is 17.0 Å². The molecule has 1 atom stereocenters. The average molecular weight is 767 g/mol. The van der Waals surface area contributed by atoms with E-state index in [4.69, 9.17) is 0 Å². The number of carbonyl (C=O) groups is 3. The number of sulfonamides is 1. The van der Waals surface area contributed by atoms with Crippen LogP contribution in [0.15, 0.2) is 75.3 Å². The summed E-state index contributed by atoms with van der Waals surface area (Å²) in [5, 5.41) is 14.3. The maximum atomic E-state index is 15.0. The first kappa shape index (κ1) is 39.9. The molecule has 2 aromatic heterocycles. The van der Waals surface area contributed by atoms with Gasteiger partial charge in [0.05, 0.1) is 16.1 Å². The topological polar surface area (TPSA) is 199 Å². The Hall–Kier alpha value is -5.92. The van der Waals surface area contributed by atoms with Gasteiger partial charge in [0.2, 0.25) is 5.91 Å². The van der Waals surface area contributed by atoms with Crippen molar-refractivity contribution in [1.29, 1.82) is 0 Å². The number of carboxylic acid groups (broad SMARTS) is 1. The van der Waals surface area contributed by atoms with Gasteiger partial charge < -0.3 is 15.7 Å². The summed E-state index contributed by atoms with van der Waals surface area (Å²) < 4.78 is 97.6. The number of anilines is 2. The molecule has 0 aliphatic heterocycles. The zero-order valence-electron chi connectivity index (χ0n) is 28.2. The molecule has 0 radical (unpaired) electrons. The summed E-state index contributed by atoms with van der Waals surface area (Å²) >= 11 is 0. The van der Waals surface area contributed by atoms with E-state index in [1.807, 2.05) is 4.72 Å². The minimum Gasteiger partial charge on any atom is -0.480 e. The van der Waals surface area contributed by atoms with E-state index in [9.17, 15) is 55.1 Å². The molecule has 0 saturated carbocycles. The summed E-state index contributed by atoms with van der Waals surface area (Å²) in [6.07, 6.45) is -4.28. The van der Waals surface area contributed by atoms with Crippen molar-refractivity contribution in [2.75, 3.05) is 10.0 Å². The van der Waals surface area contributed by atoms with Crippen molar-refractivity contribution >= 4 is 39.2 Å². The first-order valence-corrected chi connectivity index (χ1v) is 16.8. The number of carboxylic acids is 1. The van der Waals surface area contributed by atoms with Crippen molar-refractivity contribution < 1.29 is 49.9 Å². The highest BCUT2D eigenvalue weighted by atomic mass is 32.2. The Labute approximate surface area is 297 Å². The summed E-state index contributed by atoms with van der Waals surface area (Å²) in [5.41, 5.74) is -6.00. The molecule has 0 aliphatic rings. The molecule has 0 spiro atoms. The fourth-order valence-electron chi connectivity index (χ4n) is 4.65. The first-order valence-electron chi connectivity index (χ1n) is 15.3. The highest BCUT2D eigenvalue weighted by molar-refractivity contribution is 7.92. The Balaban J connectivity index is 1.44. The molecule has 2 heterocycles. The molecule has 0 bridgehead atoms. The number of rotatable bonds is 11. The summed E-state index contributed by atoms with van der Waals surface area (Å²) in [4.78, 5) is 65.2. The average Bonchev–Trinajstić information content (AvgIpc) is 3.05. The Morgan fingerprint density at radius 2 is 1.58 bits per heavy atom. The molecule has 4 rings (SSSR count). The maximum Gasteiger partial charge on any atom is 0.431 e. The summed E-state index contributed by atoms with van der Waals surface area (Å²) in [5.74, 6) is -6.32. The largest absolute Gasteiger partial charge is 0.480 e. The molecule has 0 unspecified atom stereocenters. The van der Waals surface area contributed by atoms with Gasteiger partial charge in [0.15, 0.2) is 0 Å². The maximum absolute atomic E-state index is 15.0. The number of alkyl halides is 3. The summed E-state index contributed by atoms with van der Waals surface area (Å²) in [6, 6.07) is 6.62. The van der Waals surface area contributed by atoms with Crippen LogP contribution in [-0.2, 0) is 39.3 Å². The Morgan fingerprint density at radius 3 is 2.13 bits per heavy atom. The van der Waals surface area contributed by atoms with Crippen molar-refractivity contribution in [2.45, 2.75) is 50.7 Å². The molecule has 0 saturated heterocycles. The van der Waals surface area contributed by atoms with E-state index < -0.39 is 79.4 Å². The van der Waals surface area contributed by atoms with Gasteiger partial charge >= 0.3 is 17.8 Å². The number of nitrogens with zero attached hydrogens (tertiary/aromatic N) is 3. The molecule has 20 heteroatoms. The Bertz CT molecular complexity index is 2300. The number of pyridine rings is 1. The van der Waals surface area contributed by atoms with E-state index in [0.717, 1.165) is 31.4 Å². The highest BCUT2D eigenvalue weighted by Crippen LogP contribution is 2.27. The third kappa shape index (κ3) is 9.31. The summed E-state index contributed by atoms with van der Waals surface area (Å²) in [6.45, 7) is 5.03. The highest BCUT2D eigenvalue weighted by Gasteiger charge is 2.35. The van der Waals surface area contributed by atoms with Crippen molar-refractivity contribution in [2.24, 2.45) is 12.5 Å². The lowest BCUT2D eigenvalue weighted by atomic mass is 9.95. The fourth-order valence-corrected chi connectivity index (χ4v) is 5.71. The van der Waals surface area contributed by atoms with Crippen LogP contribution >= 0.6 is 0 Å². The van der Waals surface area contributed by atoms with Gasteiger partial charge in [-0.05, 0) is 54.8 Å². The number of hydrogen-bond acceptors (Lipinski definition) is 8. The predicted molar refractivity (Wildman–Crippen MR) is 179 cm³/mol. The summed E-state index contributed by atoms with van der Waals surface area (Å²) in [7, 11) is -3.66. The lowest BCUT2D eigenvalue weighted by Crippen LogP contribution is -2.41. The number of nitrogens with one attached hydrogen (secondary N) is 3. The third-order valence-electron chi connectivity index (χ3n) is 7.62. The van der Waals surface area contributed by atoms with Crippen LogP contribution in [0.25, 0.3) is 5.82 Å². The van der Waals surface area contributed by atoms with Crippen LogP contribution in [-0.4, -0.2) is 51.5 Å². The van der Waals surface area contributed by atoms with Crippen molar-refractivity contribution in [1.82, 2.24) is 19.4 Å². The molecule has 0 fully saturated rings. The molecule has 53 heavy (non-hydrogen) atoms. The lowest BCUT2D eigenvalue weighted by molar-refractivity contribution is -0.144. The number of carbonyl (C=O) groups excluding carboxylic acids is 2. The molecule has 2 aromatic carbocycles. The second-order valence-electron chi connectivity index (χ2n) is 12.6. The van der Waals surface area contributed by atoms with Gasteiger partial charge in [0.1, 0.15) is 29.2 Å². The molecule has 4 aromatic rings. The standard InChI is InChI=1S/C33H31F5N6O8S/c1-32(2,3)30(49)40-18-7-9-19(10-8-18)53(51,52)42-24-14-21(34)20(13-22(24)35)28(46)41-23(29(47)48)11-5-17-6-12-26(39-16-17)44-27(45)15-25(33(36,37)38)43(4)31(44)50/h6-10,12-16,23,42H,5,11H2,1-4H3,(H,40,49)(H,41,46)(H,47,48)/t23-/m0/s1. The molecule has 4 N–H and O–H groups in total. The molecule has 0 aliphatic carbocycles. The van der Waals surface area contributed by atoms with Gasteiger partial charge in [-0.2, -0.15) is 13.2 Å². The quantitative estimate of drug-likeness (QED) is 0.164. The first-order chi connectivity index (χ1) is 24.5. The van der Waals surface area contributed by atoms with Gasteiger partial charge in [-0.15, -0.1) is 0 Å². The number of aryl methyl sites for hydroxylation is 1. The van der Waals surface area contributed by atoms with E-state index in [0.29, 0.717) is 22.3 Å². The number of halogens is 5. The molecule has 14 nitrogen and oxygen atoms in total. The van der Waals surface area contributed by atoms with Crippen molar-refractivity contribution in [3.8, 4) is 5.82 Å². The van der Waals surface area contributed by atoms with E-state index in [1.54, 1.807) is 20.8 Å². The van der Waals surface area contributed by atoms with Gasteiger partial charge in [0.25, 0.3) is 21.5 Å². The number of amides is 2. The molecule has 2 amide bonds. The van der Waals surface area contributed by atoms with E-state index in [1.165, 1.54) is 18.2 Å². The second-order valence-corrected chi connectivity index (χ2v) is 14.3. The smallest absolute Gasteiger partial charge is 0.431 e. The zero-order chi connectivity index (χ0) is 39.6. The van der Waals surface area contributed by atoms with Crippen molar-refractivity contribution in [3.05, 3.63) is 110 Å². The van der Waals surface area contributed by atoms with Crippen molar-refractivity contribution in [3.63, 3.8) is 0 Å². The third-order valence-corrected chi connectivity index (χ3v) is 9.00. The molecular formula is C33H31F5N6O8S. The van der Waals surface area contributed by atoms with E-state index >= 15 is 4.39 Å². The SMILES string of the molecule is Cn1c(C(F)(F)F)cc(=O)n(-c2ccc(CC[C@H](NC(=O)c3cc(F)c(NS(=O)(=O)c4ccc(NC(=O)C(C)(C)C)cc4)cc3F)C(=O)O)cn2)c1=O. The number of hydrogen-bond donors (Lipinski definition) is 4. The van der Waals surface area contributed by atoms with Crippen LogP contribution in [0.4, 0.5) is 33.3 Å². The number of aromatic nitrogens is 3. The number of benzene rings is 2. The van der Waals surface area contributed by atoms with Crippen LogP contribution in [0.5, 0.6) is 0 Å². The van der Waals surface area contributed by atoms with Crippen LogP contribution < -0.4 is 26.6 Å². The minimum absolute atomic E-state index is 0.105. The van der Waals surface area contributed by atoms with Gasteiger partial charge in [-0.1, -0.05) is 26.8 Å². The van der Waals surface area contributed by atoms with Crippen LogP contribution in [0.2, 0.25) is 0 Å². The Morgan fingerprint density at radius 1 is 0.943 bits per heavy atom. The number of aliphatic carboxylic acids is 1. The minimum atomic E-state index is -4.97.